The number of fused-ring (bicyclic) bond motifs is 1. The van der Waals surface area contributed by atoms with Gasteiger partial charge < -0.3 is 16.0 Å². The summed E-state index contributed by atoms with van der Waals surface area (Å²) >= 11 is 3.38. The summed E-state index contributed by atoms with van der Waals surface area (Å²) in [4.78, 5) is 25.9. The molecule has 1 aromatic rings. The van der Waals surface area contributed by atoms with Crippen LogP contribution in [0, 0.1) is 0 Å². The number of halogens is 1. The molecule has 0 saturated heterocycles. The number of benzene rings is 1. The Kier molecular flexibility index (Phi) is 3.99. The monoisotopic (exact) mass is 351 g/mol. The minimum absolute atomic E-state index is 0.0394. The van der Waals surface area contributed by atoms with Crippen LogP contribution in [-0.4, -0.2) is 24.4 Å². The van der Waals surface area contributed by atoms with Crippen LogP contribution in [0.2, 0.25) is 0 Å². The van der Waals surface area contributed by atoms with Crippen LogP contribution in [0.1, 0.15) is 37.3 Å². The molecule has 112 valence electrons. The van der Waals surface area contributed by atoms with Crippen molar-refractivity contribution in [2.75, 3.05) is 11.4 Å². The van der Waals surface area contributed by atoms with E-state index >= 15 is 0 Å². The number of nitrogens with zero attached hydrogens (tertiary/aromatic N) is 1. The maximum Gasteiger partial charge on any atom is 0.249 e. The zero-order chi connectivity index (χ0) is 15.0. The molecule has 1 aliphatic heterocycles. The van der Waals surface area contributed by atoms with Crippen molar-refractivity contribution in [3.8, 4) is 0 Å². The summed E-state index contributed by atoms with van der Waals surface area (Å²) < 4.78 is 0.877. The number of amides is 2. The van der Waals surface area contributed by atoms with Gasteiger partial charge in [-0.25, -0.2) is 0 Å². The van der Waals surface area contributed by atoms with Gasteiger partial charge in [0, 0.05) is 21.8 Å². The molecule has 2 aliphatic rings. The van der Waals surface area contributed by atoms with Gasteiger partial charge in [-0.2, -0.15) is 0 Å². The van der Waals surface area contributed by atoms with Crippen molar-refractivity contribution < 1.29 is 9.59 Å². The van der Waals surface area contributed by atoms with Gasteiger partial charge in [0.2, 0.25) is 11.8 Å². The maximum absolute atomic E-state index is 12.3. The predicted molar refractivity (Wildman–Crippen MR) is 83.8 cm³/mol. The Hall–Kier alpha value is -1.40. The van der Waals surface area contributed by atoms with Crippen LogP contribution >= 0.6 is 15.9 Å². The Balaban J connectivity index is 1.73. The van der Waals surface area contributed by atoms with Gasteiger partial charge in [0.1, 0.15) is 12.6 Å². The lowest BCUT2D eigenvalue weighted by atomic mass is 10.1. The van der Waals surface area contributed by atoms with Crippen molar-refractivity contribution in [2.24, 2.45) is 5.73 Å². The van der Waals surface area contributed by atoms with Gasteiger partial charge >= 0.3 is 0 Å². The fraction of sp³-hybridized carbons (Fsp3) is 0.467. The molecule has 1 atom stereocenters. The van der Waals surface area contributed by atoms with Gasteiger partial charge in [0.15, 0.2) is 0 Å². The first kappa shape index (κ1) is 14.5. The molecule has 6 heteroatoms. The Labute approximate surface area is 132 Å². The van der Waals surface area contributed by atoms with Crippen molar-refractivity contribution in [1.82, 2.24) is 5.32 Å². The molecule has 3 rings (SSSR count). The lowest BCUT2D eigenvalue weighted by Gasteiger charge is -2.19. The quantitative estimate of drug-likeness (QED) is 0.872. The smallest absolute Gasteiger partial charge is 0.249 e. The third-order valence-corrected chi connectivity index (χ3v) is 4.66. The molecule has 0 radical (unpaired) electrons. The highest BCUT2D eigenvalue weighted by molar-refractivity contribution is 9.10. The molecule has 3 N–H and O–H groups in total. The van der Waals surface area contributed by atoms with E-state index in [1.807, 2.05) is 18.2 Å². The lowest BCUT2D eigenvalue weighted by Crippen LogP contribution is -2.43. The first-order chi connectivity index (χ1) is 10.1. The van der Waals surface area contributed by atoms with Crippen molar-refractivity contribution in [3.05, 3.63) is 28.2 Å². The van der Waals surface area contributed by atoms with Gasteiger partial charge in [-0.15, -0.1) is 0 Å². The fourth-order valence-electron chi connectivity index (χ4n) is 3.09. The number of carbonyl (C=O) groups is 2. The van der Waals surface area contributed by atoms with Crippen LogP contribution in [-0.2, 0) is 9.59 Å². The maximum atomic E-state index is 12.3. The first-order valence-corrected chi connectivity index (χ1v) is 8.01. The molecule has 0 bridgehead atoms. The van der Waals surface area contributed by atoms with Crippen LogP contribution in [0.3, 0.4) is 0 Å². The molecule has 1 fully saturated rings. The molecule has 1 aromatic carbocycles. The number of hydrogen-bond donors (Lipinski definition) is 2. The highest BCUT2D eigenvalue weighted by Crippen LogP contribution is 2.36. The van der Waals surface area contributed by atoms with Gasteiger partial charge in [-0.05, 0) is 31.0 Å². The number of anilines is 1. The second-order valence-electron chi connectivity index (χ2n) is 5.65. The average Bonchev–Trinajstić information content (AvgIpc) is 3.02. The van der Waals surface area contributed by atoms with E-state index in [-0.39, 0.29) is 24.4 Å². The molecule has 0 spiro atoms. The van der Waals surface area contributed by atoms with Crippen LogP contribution < -0.4 is 16.0 Å². The summed E-state index contributed by atoms with van der Waals surface area (Å²) in [6.45, 7) is 0.0394. The van der Waals surface area contributed by atoms with Gasteiger partial charge in [0.05, 0.1) is 0 Å². The van der Waals surface area contributed by atoms with Gasteiger partial charge in [0.25, 0.3) is 0 Å². The largest absolute Gasteiger partial charge is 0.352 e. The molecule has 5 nitrogen and oxygen atoms in total. The molecule has 21 heavy (non-hydrogen) atoms. The number of hydrogen-bond acceptors (Lipinski definition) is 3. The molecule has 1 heterocycles. The Bertz CT molecular complexity index is 584. The summed E-state index contributed by atoms with van der Waals surface area (Å²) in [6.07, 6.45) is 4.39. The second kappa shape index (κ2) is 5.77. The van der Waals surface area contributed by atoms with E-state index in [2.05, 4.69) is 21.2 Å². The van der Waals surface area contributed by atoms with Crippen LogP contribution in [0.5, 0.6) is 0 Å². The Morgan fingerprint density at radius 1 is 1.38 bits per heavy atom. The van der Waals surface area contributed by atoms with Crippen molar-refractivity contribution in [2.45, 2.75) is 37.8 Å². The third-order valence-electron chi connectivity index (χ3n) is 4.17. The normalized spacial score (nSPS) is 21.7. The number of nitrogens with two attached hydrogens (primary N) is 1. The summed E-state index contributed by atoms with van der Waals surface area (Å²) in [5, 5.41) is 3.00. The predicted octanol–water partition coefficient (Wildman–Crippen LogP) is 1.85. The van der Waals surface area contributed by atoms with Gasteiger partial charge in [-0.1, -0.05) is 28.8 Å². The zero-order valence-corrected chi connectivity index (χ0v) is 13.2. The van der Waals surface area contributed by atoms with Crippen molar-refractivity contribution in [3.63, 3.8) is 0 Å². The minimum Gasteiger partial charge on any atom is -0.352 e. The van der Waals surface area contributed by atoms with E-state index in [9.17, 15) is 9.59 Å². The highest BCUT2D eigenvalue weighted by Gasteiger charge is 2.36. The SMILES string of the molecule is NC1C(=O)N(CC(=O)NC2CCCC2)c2ccc(Br)cc21. The standard InChI is InChI=1S/C15H18BrN3O2/c16-9-5-6-12-11(7-9)14(17)15(21)19(12)8-13(20)18-10-3-1-2-4-10/h5-7,10,14H,1-4,8,17H2,(H,18,20). The fourth-order valence-corrected chi connectivity index (χ4v) is 3.47. The molecular weight excluding hydrogens is 334 g/mol. The molecule has 1 aliphatic carbocycles. The Morgan fingerprint density at radius 3 is 2.81 bits per heavy atom. The summed E-state index contributed by atoms with van der Waals surface area (Å²) in [7, 11) is 0. The average molecular weight is 352 g/mol. The summed E-state index contributed by atoms with van der Waals surface area (Å²) in [5.41, 5.74) is 7.45. The number of rotatable bonds is 3. The van der Waals surface area contributed by atoms with E-state index < -0.39 is 6.04 Å². The van der Waals surface area contributed by atoms with Crippen LogP contribution in [0.15, 0.2) is 22.7 Å². The second-order valence-corrected chi connectivity index (χ2v) is 6.57. The highest BCUT2D eigenvalue weighted by atomic mass is 79.9. The van der Waals surface area contributed by atoms with Crippen LogP contribution in [0.4, 0.5) is 5.69 Å². The molecule has 0 aromatic heterocycles. The Morgan fingerprint density at radius 2 is 2.10 bits per heavy atom. The van der Waals surface area contributed by atoms with Gasteiger partial charge in [-0.3, -0.25) is 9.59 Å². The number of nitrogens with one attached hydrogen (secondary N) is 1. The minimum atomic E-state index is -0.684. The van der Waals surface area contributed by atoms with E-state index in [0.717, 1.165) is 41.4 Å². The molecular formula is C15H18BrN3O2. The zero-order valence-electron chi connectivity index (χ0n) is 11.6. The van der Waals surface area contributed by atoms with E-state index in [4.69, 9.17) is 5.73 Å². The van der Waals surface area contributed by atoms with E-state index in [1.54, 1.807) is 0 Å². The molecule has 1 unspecified atom stereocenters. The number of carbonyl (C=O) groups excluding carboxylic acids is 2. The van der Waals surface area contributed by atoms with E-state index in [0.29, 0.717) is 0 Å². The topological polar surface area (TPSA) is 75.4 Å². The van der Waals surface area contributed by atoms with E-state index in [1.165, 1.54) is 4.90 Å². The van der Waals surface area contributed by atoms with Crippen molar-refractivity contribution in [1.29, 1.82) is 0 Å². The summed E-state index contributed by atoms with van der Waals surface area (Å²) in [6, 6.07) is 5.09. The molecule has 2 amide bonds. The first-order valence-electron chi connectivity index (χ1n) is 7.22. The van der Waals surface area contributed by atoms with Crippen molar-refractivity contribution >= 4 is 33.4 Å². The third kappa shape index (κ3) is 2.82. The summed E-state index contributed by atoms with van der Waals surface area (Å²) in [5.74, 6) is -0.331. The van der Waals surface area contributed by atoms with Crippen LogP contribution in [0.25, 0.3) is 0 Å². The molecule has 1 saturated carbocycles. The lowest BCUT2D eigenvalue weighted by molar-refractivity contribution is -0.124.